The molecule has 8 nitrogen and oxygen atoms in total. The molecule has 1 aliphatic rings. The van der Waals surface area contributed by atoms with Crippen molar-refractivity contribution < 1.29 is 24.3 Å². The molecule has 1 atom stereocenters. The van der Waals surface area contributed by atoms with Gasteiger partial charge in [0.15, 0.2) is 5.76 Å². The zero-order chi connectivity index (χ0) is 26.5. The number of ether oxygens (including phenoxy) is 1. The Labute approximate surface area is 220 Å². The second-order valence-corrected chi connectivity index (χ2v) is 9.55. The highest BCUT2D eigenvalue weighted by atomic mass is 16.5. The molecule has 0 bridgehead atoms. The van der Waals surface area contributed by atoms with Gasteiger partial charge in [0.2, 0.25) is 0 Å². The van der Waals surface area contributed by atoms with Crippen LogP contribution in [0, 0.1) is 17.8 Å². The molecule has 38 heavy (non-hydrogen) atoms. The monoisotopic (exact) mass is 511 g/mol. The van der Waals surface area contributed by atoms with Gasteiger partial charge in [-0.05, 0) is 81.1 Å². The molecule has 1 saturated carbocycles. The summed E-state index contributed by atoms with van der Waals surface area (Å²) in [6.45, 7) is 2.14. The average molecular weight is 512 g/mol. The number of aliphatic hydroxyl groups is 1. The smallest absolute Gasteiger partial charge is 0.306 e. The van der Waals surface area contributed by atoms with Crippen LogP contribution < -0.4 is 4.74 Å². The zero-order valence-corrected chi connectivity index (χ0v) is 21.1. The van der Waals surface area contributed by atoms with Crippen molar-refractivity contribution in [3.63, 3.8) is 0 Å². The lowest BCUT2D eigenvalue weighted by Crippen LogP contribution is -2.27. The third-order valence-electron chi connectivity index (χ3n) is 6.71. The van der Waals surface area contributed by atoms with Gasteiger partial charge in [0.05, 0.1) is 18.6 Å². The van der Waals surface area contributed by atoms with Crippen molar-refractivity contribution in [2.75, 3.05) is 0 Å². The number of carboxylic acid groups (broad SMARTS) is 1. The van der Waals surface area contributed by atoms with E-state index in [0.29, 0.717) is 31.0 Å². The highest BCUT2D eigenvalue weighted by Crippen LogP contribution is 2.28. The van der Waals surface area contributed by atoms with E-state index >= 15 is 0 Å². The van der Waals surface area contributed by atoms with Gasteiger partial charge in [0.1, 0.15) is 23.4 Å². The second-order valence-electron chi connectivity index (χ2n) is 9.55. The lowest BCUT2D eigenvalue weighted by atomic mass is 9.87. The van der Waals surface area contributed by atoms with Crippen LogP contribution in [-0.2, 0) is 11.3 Å². The van der Waals surface area contributed by atoms with Crippen LogP contribution in [0.5, 0.6) is 5.75 Å². The van der Waals surface area contributed by atoms with E-state index in [1.807, 2.05) is 59.2 Å². The molecule has 1 aliphatic carbocycles. The molecule has 4 aromatic rings. The molecule has 0 amide bonds. The quantitative estimate of drug-likeness (QED) is 0.334. The van der Waals surface area contributed by atoms with Gasteiger partial charge < -0.3 is 24.0 Å². The SMILES string of the molecule is C[C@H](O)c1nccn1Cc1cc(-c2ccc(C#Cc3ccc(OC4CCC(C(=O)O)CC4)cc3)cc2)on1. The summed E-state index contributed by atoms with van der Waals surface area (Å²) in [5, 5.41) is 23.1. The van der Waals surface area contributed by atoms with Gasteiger partial charge in [-0.1, -0.05) is 17.0 Å². The first-order chi connectivity index (χ1) is 18.4. The summed E-state index contributed by atoms with van der Waals surface area (Å²) >= 11 is 0. The van der Waals surface area contributed by atoms with E-state index in [2.05, 4.69) is 22.0 Å². The van der Waals surface area contributed by atoms with Crippen LogP contribution in [0.15, 0.2) is 71.5 Å². The van der Waals surface area contributed by atoms with Crippen molar-refractivity contribution in [1.82, 2.24) is 14.7 Å². The topological polar surface area (TPSA) is 111 Å². The number of aliphatic carboxylic acids is 1. The van der Waals surface area contributed by atoms with Crippen molar-refractivity contribution in [3.8, 4) is 28.9 Å². The number of carbonyl (C=O) groups is 1. The van der Waals surface area contributed by atoms with Crippen LogP contribution in [0.4, 0.5) is 0 Å². The van der Waals surface area contributed by atoms with Crippen molar-refractivity contribution >= 4 is 5.97 Å². The molecule has 0 saturated heterocycles. The van der Waals surface area contributed by atoms with E-state index in [4.69, 9.17) is 14.4 Å². The van der Waals surface area contributed by atoms with Crippen molar-refractivity contribution in [3.05, 3.63) is 89.6 Å². The maximum Gasteiger partial charge on any atom is 0.306 e. The first kappa shape index (κ1) is 25.3. The van der Waals surface area contributed by atoms with E-state index in [1.165, 1.54) is 0 Å². The summed E-state index contributed by atoms with van der Waals surface area (Å²) < 4.78 is 13.4. The minimum atomic E-state index is -0.706. The van der Waals surface area contributed by atoms with Crippen LogP contribution in [-0.4, -0.2) is 37.0 Å². The minimum absolute atomic E-state index is 0.0640. The fourth-order valence-corrected chi connectivity index (χ4v) is 4.62. The summed E-state index contributed by atoms with van der Waals surface area (Å²) in [5.41, 5.74) is 3.40. The molecule has 5 rings (SSSR count). The van der Waals surface area contributed by atoms with E-state index < -0.39 is 12.1 Å². The summed E-state index contributed by atoms with van der Waals surface area (Å²) in [7, 11) is 0. The van der Waals surface area contributed by atoms with Crippen molar-refractivity contribution in [2.45, 2.75) is 51.4 Å². The molecule has 0 spiro atoms. The summed E-state index contributed by atoms with van der Waals surface area (Å²) in [5.74, 6) is 7.43. The Hall–Kier alpha value is -4.35. The number of hydrogen-bond acceptors (Lipinski definition) is 6. The van der Waals surface area contributed by atoms with Gasteiger partial charge in [-0.3, -0.25) is 4.79 Å². The number of imidazole rings is 1. The van der Waals surface area contributed by atoms with Crippen LogP contribution >= 0.6 is 0 Å². The lowest BCUT2D eigenvalue weighted by molar-refractivity contribution is -0.143. The molecule has 0 radical (unpaired) electrons. The van der Waals surface area contributed by atoms with Crippen molar-refractivity contribution in [1.29, 1.82) is 0 Å². The van der Waals surface area contributed by atoms with Gasteiger partial charge in [-0.2, -0.15) is 0 Å². The first-order valence-electron chi connectivity index (χ1n) is 12.7. The van der Waals surface area contributed by atoms with Gasteiger partial charge >= 0.3 is 5.97 Å². The van der Waals surface area contributed by atoms with E-state index in [1.54, 1.807) is 19.3 Å². The summed E-state index contributed by atoms with van der Waals surface area (Å²) in [4.78, 5) is 15.3. The Bertz CT molecular complexity index is 1430. The normalized spacial score (nSPS) is 17.8. The highest BCUT2D eigenvalue weighted by molar-refractivity contribution is 5.70. The van der Waals surface area contributed by atoms with Gasteiger partial charge in [-0.15, -0.1) is 0 Å². The Morgan fingerprint density at radius 1 is 1.08 bits per heavy atom. The number of nitrogens with zero attached hydrogens (tertiary/aromatic N) is 3. The second kappa shape index (κ2) is 11.4. The number of aromatic nitrogens is 3. The maximum absolute atomic E-state index is 11.1. The maximum atomic E-state index is 11.1. The number of aliphatic hydroxyl groups excluding tert-OH is 1. The lowest BCUT2D eigenvalue weighted by Gasteiger charge is -2.26. The molecule has 2 aromatic carbocycles. The molecule has 0 aliphatic heterocycles. The number of benzene rings is 2. The molecule has 8 heteroatoms. The van der Waals surface area contributed by atoms with Gasteiger partial charge in [-0.25, -0.2) is 4.98 Å². The number of carboxylic acids is 1. The fraction of sp³-hybridized carbons (Fsp3) is 0.300. The van der Waals surface area contributed by atoms with E-state index in [0.717, 1.165) is 41.0 Å². The zero-order valence-electron chi connectivity index (χ0n) is 21.1. The summed E-state index contributed by atoms with van der Waals surface area (Å²) in [6, 6.07) is 17.3. The molecule has 2 heterocycles. The third kappa shape index (κ3) is 6.13. The Morgan fingerprint density at radius 2 is 1.74 bits per heavy atom. The summed E-state index contributed by atoms with van der Waals surface area (Å²) in [6.07, 6.45) is 5.71. The van der Waals surface area contributed by atoms with Gasteiger partial charge in [0.25, 0.3) is 0 Å². The van der Waals surface area contributed by atoms with Crippen molar-refractivity contribution in [2.24, 2.45) is 5.92 Å². The van der Waals surface area contributed by atoms with Crippen LogP contribution in [0.1, 0.15) is 61.4 Å². The molecule has 2 aromatic heterocycles. The van der Waals surface area contributed by atoms with E-state index in [-0.39, 0.29) is 12.0 Å². The molecule has 2 N–H and O–H groups in total. The molecular formula is C30H29N3O5. The van der Waals surface area contributed by atoms with E-state index in [9.17, 15) is 9.90 Å². The largest absolute Gasteiger partial charge is 0.490 e. The fourth-order valence-electron chi connectivity index (χ4n) is 4.62. The molecule has 1 fully saturated rings. The molecular weight excluding hydrogens is 482 g/mol. The van der Waals surface area contributed by atoms with Crippen LogP contribution in [0.25, 0.3) is 11.3 Å². The Morgan fingerprint density at radius 3 is 2.37 bits per heavy atom. The number of rotatable bonds is 7. The van der Waals surface area contributed by atoms with Crippen LogP contribution in [0.3, 0.4) is 0 Å². The predicted octanol–water partition coefficient (Wildman–Crippen LogP) is 5.06. The Balaban J connectivity index is 1.17. The minimum Gasteiger partial charge on any atom is -0.490 e. The third-order valence-corrected chi connectivity index (χ3v) is 6.71. The predicted molar refractivity (Wildman–Crippen MR) is 140 cm³/mol. The van der Waals surface area contributed by atoms with Gasteiger partial charge in [0, 0.05) is 35.2 Å². The molecule has 0 unspecified atom stereocenters. The average Bonchev–Trinajstić information content (AvgIpc) is 3.59. The van der Waals surface area contributed by atoms with Crippen LogP contribution in [0.2, 0.25) is 0 Å². The Kier molecular flexibility index (Phi) is 7.57. The first-order valence-corrected chi connectivity index (χ1v) is 12.7. The molecule has 194 valence electrons. The standard InChI is InChI=1S/C30H29N3O5/c1-20(34)29-31-16-17-33(29)19-25-18-28(38-32-25)23-8-4-21(5-9-23)2-3-22-6-12-26(13-7-22)37-27-14-10-24(11-15-27)30(35)36/h4-9,12-13,16-18,20,24,27,34H,10-11,14-15,19H2,1H3,(H,35,36)/t20-,24?,27?/m0/s1. The number of hydrogen-bond donors (Lipinski definition) is 2. The highest BCUT2D eigenvalue weighted by Gasteiger charge is 2.26.